The summed E-state index contributed by atoms with van der Waals surface area (Å²) < 4.78 is 31.9. The van der Waals surface area contributed by atoms with Crippen molar-refractivity contribution in [1.29, 1.82) is 0 Å². The molecular formula is C11H13F3N2OOs. The fourth-order valence-electron chi connectivity index (χ4n) is 0.929. The minimum Gasteiger partial charge on any atom is -0.660 e. The van der Waals surface area contributed by atoms with E-state index in [1.54, 1.807) is 0 Å². The Hall–Kier alpha value is -0.924. The van der Waals surface area contributed by atoms with Crippen LogP contribution in [0.5, 0.6) is 0 Å². The van der Waals surface area contributed by atoms with Gasteiger partial charge in [0.05, 0.1) is 0 Å². The monoisotopic (exact) mass is 438 g/mol. The van der Waals surface area contributed by atoms with Crippen LogP contribution in [0, 0.1) is 6.07 Å². The van der Waals surface area contributed by atoms with E-state index in [4.69, 9.17) is 16.3 Å². The molecule has 0 saturated carbocycles. The molecule has 1 aromatic rings. The summed E-state index contributed by atoms with van der Waals surface area (Å²) in [5.41, 5.74) is 12.4. The standard InChI is InChI=1S/C9H12N.C2H2F3NO.Os/c1-8(10)7-9-5-3-2-4-6-9;3-2(4,5)1(6)7;/h3-6,8H,7,10H2,1H3;(H2,6,7);/q-1;;+2/p-1/t8-;;/m1../s1. The van der Waals surface area contributed by atoms with Gasteiger partial charge in [0.25, 0.3) is 0 Å². The molecule has 102 valence electrons. The zero-order valence-electron chi connectivity index (χ0n) is 9.57. The van der Waals surface area contributed by atoms with Crippen LogP contribution >= 0.6 is 0 Å². The van der Waals surface area contributed by atoms with E-state index in [1.165, 1.54) is 5.56 Å². The van der Waals surface area contributed by atoms with Crippen molar-refractivity contribution < 1.29 is 37.8 Å². The smallest absolute Gasteiger partial charge is 0.660 e. The van der Waals surface area contributed by atoms with Crippen molar-refractivity contribution in [3.05, 3.63) is 41.6 Å². The second-order valence-corrected chi connectivity index (χ2v) is 3.42. The Morgan fingerprint density at radius 1 is 1.44 bits per heavy atom. The number of benzene rings is 1. The molecule has 0 aliphatic rings. The maximum Gasteiger partial charge on any atom is 2.00 e. The van der Waals surface area contributed by atoms with Crippen molar-refractivity contribution in [2.45, 2.75) is 25.6 Å². The first-order valence-electron chi connectivity index (χ1n) is 4.76. The quantitative estimate of drug-likeness (QED) is 0.724. The zero-order chi connectivity index (χ0) is 13.5. The molecule has 0 spiro atoms. The van der Waals surface area contributed by atoms with Gasteiger partial charge in [-0.25, -0.2) is 0 Å². The molecule has 0 bridgehead atoms. The van der Waals surface area contributed by atoms with Crippen molar-refractivity contribution in [1.82, 2.24) is 0 Å². The molecule has 1 atom stereocenters. The molecule has 0 heterocycles. The van der Waals surface area contributed by atoms with E-state index in [9.17, 15) is 13.2 Å². The van der Waals surface area contributed by atoms with Crippen LogP contribution in [-0.2, 0) is 31.0 Å². The molecule has 0 radical (unpaired) electrons. The Morgan fingerprint density at radius 2 is 1.83 bits per heavy atom. The third-order valence-electron chi connectivity index (χ3n) is 1.60. The molecule has 7 heteroatoms. The average molecular weight is 436 g/mol. The molecule has 0 unspecified atom stereocenters. The number of hydrogen-bond acceptors (Lipinski definition) is 2. The first kappa shape index (κ1) is 19.4. The second-order valence-electron chi connectivity index (χ2n) is 3.42. The van der Waals surface area contributed by atoms with Crippen LogP contribution in [0.3, 0.4) is 0 Å². The Morgan fingerprint density at radius 3 is 2.11 bits per heavy atom. The van der Waals surface area contributed by atoms with Gasteiger partial charge in [0.1, 0.15) is 0 Å². The number of carbonyl (C=O) groups is 1. The number of nitrogens with two attached hydrogens (primary N) is 1. The van der Waals surface area contributed by atoms with Gasteiger partial charge in [-0.1, -0.05) is 0 Å². The number of alkyl halides is 3. The molecule has 0 fully saturated rings. The number of rotatable bonds is 2. The van der Waals surface area contributed by atoms with Crippen molar-refractivity contribution in [2.75, 3.05) is 0 Å². The van der Waals surface area contributed by atoms with Crippen LogP contribution in [0.2, 0.25) is 0 Å². The Labute approximate surface area is 117 Å². The minimum absolute atomic E-state index is 0. The zero-order valence-corrected chi connectivity index (χ0v) is 12.1. The number of hydrogen-bond donors (Lipinski definition) is 1. The molecule has 1 aromatic carbocycles. The third kappa shape index (κ3) is 10.2. The van der Waals surface area contributed by atoms with E-state index in [0.29, 0.717) is 0 Å². The first-order chi connectivity index (χ1) is 7.73. The van der Waals surface area contributed by atoms with Gasteiger partial charge in [0.2, 0.25) is 0 Å². The maximum absolute atomic E-state index is 10.6. The molecule has 0 saturated heterocycles. The van der Waals surface area contributed by atoms with E-state index >= 15 is 0 Å². The molecule has 1 amide bonds. The summed E-state index contributed by atoms with van der Waals surface area (Å²) in [7, 11) is 0. The Kier molecular flexibility index (Phi) is 9.78. The van der Waals surface area contributed by atoms with Gasteiger partial charge in [0, 0.05) is 6.04 Å². The van der Waals surface area contributed by atoms with Crippen molar-refractivity contribution >= 4 is 5.91 Å². The average Bonchev–Trinajstić information content (AvgIpc) is 2.17. The predicted octanol–water partition coefficient (Wildman–Crippen LogP) is 2.50. The summed E-state index contributed by atoms with van der Waals surface area (Å²) in [5.74, 6) is -2.51. The fourth-order valence-corrected chi connectivity index (χ4v) is 0.929. The van der Waals surface area contributed by atoms with Gasteiger partial charge in [0.15, 0.2) is 5.91 Å². The number of carbonyl (C=O) groups excluding carboxylic acids is 1. The molecule has 3 N–H and O–H groups in total. The summed E-state index contributed by atoms with van der Waals surface area (Å²) in [4.78, 5) is 9.01. The topological polar surface area (TPSA) is 66.9 Å². The van der Waals surface area contributed by atoms with Crippen LogP contribution in [0.1, 0.15) is 12.5 Å². The van der Waals surface area contributed by atoms with Gasteiger partial charge in [-0.05, 0) is 13.3 Å². The van der Waals surface area contributed by atoms with E-state index in [2.05, 4.69) is 6.07 Å². The number of halogens is 3. The number of amides is 1. The summed E-state index contributed by atoms with van der Waals surface area (Å²) in [6.07, 6.45) is -4.02. The van der Waals surface area contributed by atoms with Gasteiger partial charge >= 0.3 is 26.0 Å². The van der Waals surface area contributed by atoms with Crippen LogP contribution in [0.4, 0.5) is 13.2 Å². The molecule has 3 nitrogen and oxygen atoms in total. The Bertz CT molecular complexity index is 342. The van der Waals surface area contributed by atoms with E-state index in [0.717, 1.165) is 6.42 Å². The summed E-state index contributed by atoms with van der Waals surface area (Å²) in [6, 6.07) is 11.1. The second kappa shape index (κ2) is 9.07. The Balaban J connectivity index is 0. The van der Waals surface area contributed by atoms with Gasteiger partial charge < -0.3 is 16.3 Å². The largest absolute Gasteiger partial charge is 2.00 e. The summed E-state index contributed by atoms with van der Waals surface area (Å²) >= 11 is 0. The van der Waals surface area contributed by atoms with Crippen molar-refractivity contribution in [3.63, 3.8) is 0 Å². The molecule has 18 heavy (non-hydrogen) atoms. The van der Waals surface area contributed by atoms with Crippen molar-refractivity contribution in [2.24, 2.45) is 5.73 Å². The molecular weight excluding hydrogens is 423 g/mol. The van der Waals surface area contributed by atoms with Gasteiger partial charge in [-0.2, -0.15) is 49.1 Å². The summed E-state index contributed by atoms with van der Waals surface area (Å²) in [6.45, 7) is 2.01. The minimum atomic E-state index is -4.97. The molecule has 0 aliphatic heterocycles. The molecule has 0 aliphatic carbocycles. The van der Waals surface area contributed by atoms with Crippen LogP contribution in [0.15, 0.2) is 24.3 Å². The molecule has 1 rings (SSSR count). The SMILES string of the molecule is C[C@@H](N)Cc1cc[c-]cc1.[NH-]C(=O)C(F)(F)F.[Os+2]. The maximum atomic E-state index is 10.6. The normalized spacial score (nSPS) is 11.6. The third-order valence-corrected chi connectivity index (χ3v) is 1.60. The van der Waals surface area contributed by atoms with Crippen LogP contribution < -0.4 is 5.73 Å². The first-order valence-corrected chi connectivity index (χ1v) is 4.76. The van der Waals surface area contributed by atoms with E-state index in [-0.39, 0.29) is 25.8 Å². The van der Waals surface area contributed by atoms with Gasteiger partial charge in [-0.15, -0.1) is 0 Å². The number of nitrogens with one attached hydrogen (secondary N) is 1. The van der Waals surface area contributed by atoms with Crippen LogP contribution in [-0.4, -0.2) is 18.1 Å². The van der Waals surface area contributed by atoms with E-state index in [1.807, 2.05) is 31.2 Å². The van der Waals surface area contributed by atoms with Crippen molar-refractivity contribution in [3.8, 4) is 0 Å². The predicted molar refractivity (Wildman–Crippen MR) is 58.0 cm³/mol. The summed E-state index contributed by atoms with van der Waals surface area (Å²) in [5, 5.41) is 0. The van der Waals surface area contributed by atoms with E-state index < -0.39 is 12.1 Å². The van der Waals surface area contributed by atoms with Crippen LogP contribution in [0.25, 0.3) is 5.73 Å². The molecule has 0 aromatic heterocycles. The fraction of sp³-hybridized carbons (Fsp3) is 0.364. The van der Waals surface area contributed by atoms with Gasteiger partial charge in [-0.3, -0.25) is 0 Å².